The predicted molar refractivity (Wildman–Crippen MR) is 127 cm³/mol. The van der Waals surface area contributed by atoms with Crippen molar-refractivity contribution in [1.82, 2.24) is 4.90 Å². The van der Waals surface area contributed by atoms with Crippen LogP contribution in [0.3, 0.4) is 0 Å². The Morgan fingerprint density at radius 1 is 0.756 bits per heavy atom. The van der Waals surface area contributed by atoms with E-state index in [1.54, 1.807) is 0 Å². The molecule has 0 fully saturated rings. The summed E-state index contributed by atoms with van der Waals surface area (Å²) in [4.78, 5) is 13.3. The standard InChI is InChI=1S/C26H20F9NO4S/c1-15(2)36(23(37)17-10-19(25(30,31)32)12-20(11-17)26(33,34)35)14-16-6-8-21(9-7-16)40-41(38,39)22-5-3-4-18(13-22)24(27,28)29/h3-13,15H,14H2,1-2H3. The lowest BCUT2D eigenvalue weighted by atomic mass is 10.0. The maximum atomic E-state index is 13.2. The minimum absolute atomic E-state index is 0.0946. The molecular formula is C26H20F9NO4S. The summed E-state index contributed by atoms with van der Waals surface area (Å²) in [6.45, 7) is 2.67. The second kappa shape index (κ2) is 11.3. The highest BCUT2D eigenvalue weighted by molar-refractivity contribution is 7.87. The molecule has 5 nitrogen and oxygen atoms in total. The fraction of sp³-hybridized carbons (Fsp3) is 0.269. The van der Waals surface area contributed by atoms with Gasteiger partial charge >= 0.3 is 28.6 Å². The lowest BCUT2D eigenvalue weighted by Gasteiger charge is -2.28. The van der Waals surface area contributed by atoms with Crippen LogP contribution in [0.15, 0.2) is 71.6 Å². The van der Waals surface area contributed by atoms with Crippen molar-refractivity contribution < 1.29 is 56.9 Å². The maximum Gasteiger partial charge on any atom is 0.416 e. The molecule has 41 heavy (non-hydrogen) atoms. The van der Waals surface area contributed by atoms with Crippen molar-refractivity contribution in [3.63, 3.8) is 0 Å². The van der Waals surface area contributed by atoms with E-state index in [9.17, 15) is 52.7 Å². The van der Waals surface area contributed by atoms with Crippen LogP contribution in [0.25, 0.3) is 0 Å². The first-order chi connectivity index (χ1) is 18.7. The number of rotatable bonds is 7. The Labute approximate surface area is 228 Å². The summed E-state index contributed by atoms with van der Waals surface area (Å²) in [6, 6.07) is 7.51. The summed E-state index contributed by atoms with van der Waals surface area (Å²) in [5.41, 5.74) is -5.06. The third kappa shape index (κ3) is 7.93. The van der Waals surface area contributed by atoms with E-state index in [1.807, 2.05) is 0 Å². The third-order valence-electron chi connectivity index (χ3n) is 5.65. The van der Waals surface area contributed by atoms with Gasteiger partial charge in [-0.25, -0.2) is 0 Å². The van der Waals surface area contributed by atoms with E-state index in [4.69, 9.17) is 4.18 Å². The molecule has 0 aromatic heterocycles. The van der Waals surface area contributed by atoms with E-state index < -0.39 is 67.7 Å². The van der Waals surface area contributed by atoms with Crippen molar-refractivity contribution in [3.8, 4) is 5.75 Å². The van der Waals surface area contributed by atoms with Crippen molar-refractivity contribution in [1.29, 1.82) is 0 Å². The predicted octanol–water partition coefficient (Wildman–Crippen LogP) is 7.56. The van der Waals surface area contributed by atoms with Crippen LogP contribution in [-0.2, 0) is 35.2 Å². The number of halogens is 9. The first-order valence-corrected chi connectivity index (χ1v) is 12.9. The zero-order valence-corrected chi connectivity index (χ0v) is 21.8. The molecular weight excluding hydrogens is 593 g/mol. The van der Waals surface area contributed by atoms with Gasteiger partial charge in [-0.05, 0) is 67.9 Å². The highest BCUT2D eigenvalue weighted by Gasteiger charge is 2.38. The molecule has 0 unspecified atom stereocenters. The van der Waals surface area contributed by atoms with E-state index >= 15 is 0 Å². The molecule has 0 N–H and O–H groups in total. The SMILES string of the molecule is CC(C)N(Cc1ccc(OS(=O)(=O)c2cccc(C(F)(F)F)c2)cc1)C(=O)c1cc(C(F)(F)F)cc(C(F)(F)F)c1. The Bertz CT molecular complexity index is 1480. The summed E-state index contributed by atoms with van der Waals surface area (Å²) in [5, 5.41) is 0. The van der Waals surface area contributed by atoms with Gasteiger partial charge in [-0.2, -0.15) is 47.9 Å². The average molecular weight is 613 g/mol. The van der Waals surface area contributed by atoms with Gasteiger partial charge < -0.3 is 9.08 Å². The molecule has 0 spiro atoms. The number of carbonyl (C=O) groups excluding carboxylic acids is 1. The highest BCUT2D eigenvalue weighted by atomic mass is 32.2. The number of hydrogen-bond acceptors (Lipinski definition) is 4. The molecule has 3 aromatic rings. The average Bonchev–Trinajstić information content (AvgIpc) is 2.85. The molecule has 0 atom stereocenters. The van der Waals surface area contributed by atoms with Gasteiger partial charge in [0.15, 0.2) is 0 Å². The maximum absolute atomic E-state index is 13.2. The molecule has 0 saturated heterocycles. The lowest BCUT2D eigenvalue weighted by Crippen LogP contribution is -2.36. The molecule has 3 rings (SSSR count). The Morgan fingerprint density at radius 3 is 1.73 bits per heavy atom. The molecule has 15 heteroatoms. The Morgan fingerprint density at radius 2 is 1.27 bits per heavy atom. The van der Waals surface area contributed by atoms with Crippen molar-refractivity contribution in [2.45, 2.75) is 49.9 Å². The van der Waals surface area contributed by atoms with Crippen LogP contribution >= 0.6 is 0 Å². The first-order valence-electron chi connectivity index (χ1n) is 11.5. The smallest absolute Gasteiger partial charge is 0.379 e. The molecule has 0 saturated carbocycles. The lowest BCUT2D eigenvalue weighted by molar-refractivity contribution is -0.143. The normalized spacial score (nSPS) is 12.9. The van der Waals surface area contributed by atoms with Crippen LogP contribution in [-0.4, -0.2) is 25.3 Å². The number of alkyl halides is 9. The number of amides is 1. The number of hydrogen-bond donors (Lipinski definition) is 0. The van der Waals surface area contributed by atoms with Gasteiger partial charge in [0.05, 0.1) is 16.7 Å². The van der Waals surface area contributed by atoms with Crippen LogP contribution in [0.2, 0.25) is 0 Å². The first kappa shape index (κ1) is 31.8. The third-order valence-corrected chi connectivity index (χ3v) is 6.89. The summed E-state index contributed by atoms with van der Waals surface area (Å²) in [6.07, 6.45) is -15.1. The van der Waals surface area contributed by atoms with Gasteiger partial charge in [0.1, 0.15) is 10.6 Å². The molecule has 1 amide bonds. The summed E-state index contributed by atoms with van der Waals surface area (Å²) >= 11 is 0. The van der Waals surface area contributed by atoms with E-state index in [0.29, 0.717) is 29.8 Å². The van der Waals surface area contributed by atoms with Gasteiger partial charge in [-0.15, -0.1) is 0 Å². The van der Waals surface area contributed by atoms with Crippen LogP contribution in [0, 0.1) is 0 Å². The summed E-state index contributed by atoms with van der Waals surface area (Å²) in [5.74, 6) is -1.43. The Hall–Kier alpha value is -3.75. The topological polar surface area (TPSA) is 63.7 Å². The largest absolute Gasteiger partial charge is 0.416 e. The van der Waals surface area contributed by atoms with Crippen LogP contribution in [0.1, 0.15) is 46.5 Å². The second-order valence-electron chi connectivity index (χ2n) is 9.03. The summed E-state index contributed by atoms with van der Waals surface area (Å²) < 4.78 is 148. The van der Waals surface area contributed by atoms with Crippen LogP contribution in [0.4, 0.5) is 39.5 Å². The molecule has 0 aliphatic rings. The van der Waals surface area contributed by atoms with Gasteiger partial charge in [0.25, 0.3) is 5.91 Å². The Kier molecular flexibility index (Phi) is 8.73. The summed E-state index contributed by atoms with van der Waals surface area (Å²) in [7, 11) is -4.68. The van der Waals surface area contributed by atoms with Gasteiger partial charge in [-0.1, -0.05) is 18.2 Å². The zero-order chi connectivity index (χ0) is 31.0. The second-order valence-corrected chi connectivity index (χ2v) is 10.6. The Balaban J connectivity index is 1.85. The number of nitrogens with zero attached hydrogens (tertiary/aromatic N) is 1. The molecule has 0 aliphatic carbocycles. The molecule has 0 radical (unpaired) electrons. The van der Waals surface area contributed by atoms with E-state index in [0.717, 1.165) is 29.2 Å². The molecule has 3 aromatic carbocycles. The number of carbonyl (C=O) groups is 1. The fourth-order valence-electron chi connectivity index (χ4n) is 3.58. The quantitative estimate of drug-likeness (QED) is 0.204. The molecule has 0 bridgehead atoms. The van der Waals surface area contributed by atoms with Crippen molar-refractivity contribution in [2.75, 3.05) is 0 Å². The van der Waals surface area contributed by atoms with Crippen molar-refractivity contribution >= 4 is 16.0 Å². The van der Waals surface area contributed by atoms with Crippen molar-refractivity contribution in [2.24, 2.45) is 0 Å². The molecule has 0 heterocycles. The molecule has 0 aliphatic heterocycles. The van der Waals surface area contributed by atoms with Gasteiger partial charge in [0.2, 0.25) is 0 Å². The van der Waals surface area contributed by atoms with Gasteiger partial charge in [0, 0.05) is 18.2 Å². The minimum atomic E-state index is -5.15. The minimum Gasteiger partial charge on any atom is -0.379 e. The van der Waals surface area contributed by atoms with E-state index in [-0.39, 0.29) is 18.4 Å². The van der Waals surface area contributed by atoms with E-state index in [2.05, 4.69) is 0 Å². The zero-order valence-electron chi connectivity index (χ0n) is 21.0. The van der Waals surface area contributed by atoms with Crippen LogP contribution < -0.4 is 4.18 Å². The van der Waals surface area contributed by atoms with Gasteiger partial charge in [-0.3, -0.25) is 4.79 Å². The van der Waals surface area contributed by atoms with E-state index in [1.165, 1.54) is 26.0 Å². The van der Waals surface area contributed by atoms with Crippen molar-refractivity contribution in [3.05, 3.63) is 94.5 Å². The van der Waals surface area contributed by atoms with Crippen LogP contribution in [0.5, 0.6) is 5.75 Å². The fourth-order valence-corrected chi connectivity index (χ4v) is 4.56. The monoisotopic (exact) mass is 613 g/mol. The molecule has 222 valence electrons. The number of benzene rings is 3. The highest BCUT2D eigenvalue weighted by Crippen LogP contribution is 2.37.